The van der Waals surface area contributed by atoms with Crippen molar-refractivity contribution < 1.29 is 4.74 Å². The van der Waals surface area contributed by atoms with E-state index in [1.54, 1.807) is 11.8 Å². The van der Waals surface area contributed by atoms with Gasteiger partial charge in [0, 0.05) is 16.5 Å². The normalized spacial score (nSPS) is 12.9. The van der Waals surface area contributed by atoms with Crippen LogP contribution in [-0.2, 0) is 6.54 Å². The van der Waals surface area contributed by atoms with E-state index in [0.717, 1.165) is 51.4 Å². The number of fused-ring (bicyclic) bond motifs is 2. The maximum atomic E-state index is 14.0. The third kappa shape index (κ3) is 3.85. The summed E-state index contributed by atoms with van der Waals surface area (Å²) in [6, 6.07) is 17.7. The molecule has 5 aromatic rings. The van der Waals surface area contributed by atoms with Gasteiger partial charge in [-0.25, -0.2) is 14.6 Å². The molecule has 8 heteroatoms. The molecule has 0 saturated heterocycles. The molecule has 0 bridgehead atoms. The SMILES string of the molecule is COc1cccc(-c2nn(Cc3cc4c(c(=O)n3-c3ccccc3C)=C(C)CCC=4)c3ncnc(N)c23)c1. The number of hydrogen-bond acceptors (Lipinski definition) is 6. The second kappa shape index (κ2) is 9.30. The van der Waals surface area contributed by atoms with Crippen molar-refractivity contribution in [1.82, 2.24) is 24.3 Å². The van der Waals surface area contributed by atoms with Crippen LogP contribution in [0.15, 0.2) is 65.7 Å². The van der Waals surface area contributed by atoms with Crippen molar-refractivity contribution in [1.29, 1.82) is 0 Å². The van der Waals surface area contributed by atoms with E-state index >= 15 is 0 Å². The number of ether oxygens (including phenoxy) is 1. The van der Waals surface area contributed by atoms with Gasteiger partial charge in [-0.2, -0.15) is 5.10 Å². The fourth-order valence-electron chi connectivity index (χ4n) is 5.30. The van der Waals surface area contributed by atoms with E-state index < -0.39 is 0 Å². The van der Waals surface area contributed by atoms with E-state index in [0.29, 0.717) is 34.8 Å². The lowest BCUT2D eigenvalue weighted by Crippen LogP contribution is -2.48. The van der Waals surface area contributed by atoms with Gasteiger partial charge in [-0.3, -0.25) is 9.36 Å². The molecule has 3 heterocycles. The highest BCUT2D eigenvalue weighted by Gasteiger charge is 2.20. The molecule has 0 amide bonds. The second-order valence-corrected chi connectivity index (χ2v) is 9.61. The monoisotopic (exact) mass is 504 g/mol. The van der Waals surface area contributed by atoms with Gasteiger partial charge in [0.05, 0.1) is 24.7 Å². The lowest BCUT2D eigenvalue weighted by atomic mass is 10.0. The lowest BCUT2D eigenvalue weighted by Gasteiger charge is -2.18. The van der Waals surface area contributed by atoms with Crippen LogP contribution in [-0.4, -0.2) is 31.4 Å². The highest BCUT2D eigenvalue weighted by molar-refractivity contribution is 5.98. The van der Waals surface area contributed by atoms with Gasteiger partial charge in [-0.15, -0.1) is 0 Å². The fraction of sp³-hybridized carbons (Fsp3) is 0.200. The molecular formula is C30H28N6O2. The summed E-state index contributed by atoms with van der Waals surface area (Å²) in [5.41, 5.74) is 12.2. The summed E-state index contributed by atoms with van der Waals surface area (Å²) in [5.74, 6) is 1.06. The van der Waals surface area contributed by atoms with Crippen molar-refractivity contribution in [3.8, 4) is 22.7 Å². The van der Waals surface area contributed by atoms with Crippen molar-refractivity contribution in [2.24, 2.45) is 0 Å². The first-order valence-electron chi connectivity index (χ1n) is 12.6. The van der Waals surface area contributed by atoms with E-state index in [1.807, 2.05) is 60.0 Å². The van der Waals surface area contributed by atoms with Crippen LogP contribution < -0.4 is 26.5 Å². The molecule has 0 aliphatic heterocycles. The number of methoxy groups -OCH3 is 1. The Morgan fingerprint density at radius 2 is 1.89 bits per heavy atom. The molecule has 0 radical (unpaired) electrons. The summed E-state index contributed by atoms with van der Waals surface area (Å²) in [5, 5.41) is 7.38. The van der Waals surface area contributed by atoms with E-state index in [4.69, 9.17) is 15.6 Å². The minimum absolute atomic E-state index is 0.0149. The minimum Gasteiger partial charge on any atom is -0.497 e. The maximum absolute atomic E-state index is 14.0. The van der Waals surface area contributed by atoms with Crippen molar-refractivity contribution in [2.45, 2.75) is 33.2 Å². The maximum Gasteiger partial charge on any atom is 0.263 e. The summed E-state index contributed by atoms with van der Waals surface area (Å²) >= 11 is 0. The number of aromatic nitrogens is 5. The van der Waals surface area contributed by atoms with Gasteiger partial charge in [0.2, 0.25) is 0 Å². The zero-order valence-electron chi connectivity index (χ0n) is 21.6. The standard InChI is InChI=1S/C30H28N6O2/c1-18-8-4-5-13-24(18)36-22(14-20-10-6-9-19(2)25(20)30(36)37)16-35-29-26(28(31)32-17-33-29)27(34-35)21-11-7-12-23(15-21)38-3/h4-5,7-8,10-15,17H,6,9,16H2,1-3H3,(H2,31,32,33). The van der Waals surface area contributed by atoms with Crippen molar-refractivity contribution >= 4 is 28.5 Å². The summed E-state index contributed by atoms with van der Waals surface area (Å²) in [4.78, 5) is 22.8. The average molecular weight is 505 g/mol. The molecular weight excluding hydrogens is 476 g/mol. The number of anilines is 1. The Balaban J connectivity index is 1.62. The Labute approximate surface area is 219 Å². The third-order valence-corrected chi connectivity index (χ3v) is 7.20. The van der Waals surface area contributed by atoms with Gasteiger partial charge in [0.25, 0.3) is 5.56 Å². The first-order chi connectivity index (χ1) is 18.5. The van der Waals surface area contributed by atoms with Gasteiger partial charge in [0.1, 0.15) is 23.6 Å². The predicted molar refractivity (Wildman–Crippen MR) is 150 cm³/mol. The highest BCUT2D eigenvalue weighted by Crippen LogP contribution is 2.32. The molecule has 0 saturated carbocycles. The Bertz CT molecular complexity index is 1900. The summed E-state index contributed by atoms with van der Waals surface area (Å²) in [7, 11) is 1.63. The molecule has 0 fully saturated rings. The first-order valence-corrected chi connectivity index (χ1v) is 12.6. The molecule has 1 aliphatic carbocycles. The molecule has 2 N–H and O–H groups in total. The van der Waals surface area contributed by atoms with E-state index in [1.165, 1.54) is 6.33 Å². The van der Waals surface area contributed by atoms with Crippen molar-refractivity contribution in [2.75, 3.05) is 12.8 Å². The number of aryl methyl sites for hydroxylation is 1. The first kappa shape index (κ1) is 23.7. The fourth-order valence-corrected chi connectivity index (χ4v) is 5.30. The number of para-hydroxylation sites is 1. The molecule has 6 rings (SSSR count). The average Bonchev–Trinajstić information content (AvgIpc) is 3.29. The van der Waals surface area contributed by atoms with Crippen LogP contribution >= 0.6 is 0 Å². The highest BCUT2D eigenvalue weighted by atomic mass is 16.5. The van der Waals surface area contributed by atoms with Crippen molar-refractivity contribution in [3.63, 3.8) is 0 Å². The summed E-state index contributed by atoms with van der Waals surface area (Å²) in [6.45, 7) is 4.39. The molecule has 38 heavy (non-hydrogen) atoms. The van der Waals surface area contributed by atoms with E-state index in [-0.39, 0.29) is 5.56 Å². The van der Waals surface area contributed by atoms with Crippen LogP contribution in [0.4, 0.5) is 5.82 Å². The zero-order valence-corrected chi connectivity index (χ0v) is 21.6. The molecule has 0 atom stereocenters. The number of benzene rings is 2. The number of hydrogen-bond donors (Lipinski definition) is 1. The number of nitrogens with zero attached hydrogens (tertiary/aromatic N) is 5. The molecule has 3 aromatic heterocycles. The topological polar surface area (TPSA) is 101 Å². The van der Waals surface area contributed by atoms with Crippen molar-refractivity contribution in [3.05, 3.63) is 93.0 Å². The molecule has 1 aliphatic rings. The smallest absolute Gasteiger partial charge is 0.263 e. The van der Waals surface area contributed by atoms with Gasteiger partial charge >= 0.3 is 0 Å². The van der Waals surface area contributed by atoms with E-state index in [2.05, 4.69) is 29.0 Å². The number of pyridine rings is 1. The summed E-state index contributed by atoms with van der Waals surface area (Å²) in [6.07, 6.45) is 5.40. The second-order valence-electron chi connectivity index (χ2n) is 9.61. The number of nitrogens with two attached hydrogens (primary N) is 1. The molecule has 0 spiro atoms. The van der Waals surface area contributed by atoms with Gasteiger partial charge < -0.3 is 10.5 Å². The Morgan fingerprint density at radius 1 is 1.05 bits per heavy atom. The Hall–Kier alpha value is -4.72. The van der Waals surface area contributed by atoms with Crippen LogP contribution in [0.5, 0.6) is 5.75 Å². The van der Waals surface area contributed by atoms with Crippen LogP contribution in [0.3, 0.4) is 0 Å². The van der Waals surface area contributed by atoms with Crippen LogP contribution in [0.1, 0.15) is 31.0 Å². The molecule has 0 unspecified atom stereocenters. The number of nitrogen functional groups attached to an aromatic ring is 1. The van der Waals surface area contributed by atoms with Crippen LogP contribution in [0.2, 0.25) is 0 Å². The molecule has 8 nitrogen and oxygen atoms in total. The van der Waals surface area contributed by atoms with Crippen LogP contribution in [0, 0.1) is 6.92 Å². The Morgan fingerprint density at radius 3 is 2.71 bits per heavy atom. The van der Waals surface area contributed by atoms with Gasteiger partial charge in [0.15, 0.2) is 5.65 Å². The van der Waals surface area contributed by atoms with Gasteiger partial charge in [-0.05, 0) is 61.7 Å². The number of rotatable bonds is 5. The lowest BCUT2D eigenvalue weighted by molar-refractivity contribution is 0.415. The quantitative estimate of drug-likeness (QED) is 0.394. The van der Waals surface area contributed by atoms with E-state index in [9.17, 15) is 4.79 Å². The van der Waals surface area contributed by atoms with Gasteiger partial charge in [-0.1, -0.05) is 42.0 Å². The third-order valence-electron chi connectivity index (χ3n) is 7.20. The minimum atomic E-state index is -0.0149. The molecule has 190 valence electrons. The largest absolute Gasteiger partial charge is 0.497 e. The summed E-state index contributed by atoms with van der Waals surface area (Å²) < 4.78 is 9.05. The molecule has 2 aromatic carbocycles. The Kier molecular flexibility index (Phi) is 5.79. The van der Waals surface area contributed by atoms with Crippen LogP contribution in [0.25, 0.3) is 39.6 Å². The predicted octanol–water partition coefficient (Wildman–Crippen LogP) is 3.34. The zero-order chi connectivity index (χ0) is 26.4.